The van der Waals surface area contributed by atoms with Crippen molar-refractivity contribution in [2.45, 2.75) is 70.1 Å². The van der Waals surface area contributed by atoms with Crippen molar-refractivity contribution in [1.82, 2.24) is 5.32 Å². The predicted molar refractivity (Wildman–Crippen MR) is 64.0 cm³/mol. The van der Waals surface area contributed by atoms with Crippen molar-refractivity contribution in [3.05, 3.63) is 0 Å². The van der Waals surface area contributed by atoms with Gasteiger partial charge in [0.15, 0.2) is 6.29 Å². The van der Waals surface area contributed by atoms with Crippen LogP contribution in [-0.2, 0) is 0 Å². The van der Waals surface area contributed by atoms with E-state index in [9.17, 15) is 10.2 Å². The van der Waals surface area contributed by atoms with Gasteiger partial charge in [-0.1, -0.05) is 25.7 Å². The predicted octanol–water partition coefficient (Wildman–Crippen LogP) is 1.78. The van der Waals surface area contributed by atoms with Crippen molar-refractivity contribution in [2.24, 2.45) is 5.41 Å². The first kappa shape index (κ1) is 12.3. The highest BCUT2D eigenvalue weighted by Gasteiger charge is 2.34. The minimum absolute atomic E-state index is 0.155. The highest BCUT2D eigenvalue weighted by atomic mass is 16.5. The van der Waals surface area contributed by atoms with Gasteiger partial charge in [-0.2, -0.15) is 0 Å². The van der Waals surface area contributed by atoms with Gasteiger partial charge in [0.25, 0.3) is 0 Å². The fourth-order valence-electron chi connectivity index (χ4n) is 3.12. The van der Waals surface area contributed by atoms with E-state index in [0.717, 1.165) is 19.4 Å². The summed E-state index contributed by atoms with van der Waals surface area (Å²) in [6, 6.07) is 0.703. The maximum atomic E-state index is 9.23. The molecule has 0 aromatic heterocycles. The third-order valence-electron chi connectivity index (χ3n) is 4.40. The molecule has 94 valence electrons. The van der Waals surface area contributed by atoms with Crippen LogP contribution in [0.4, 0.5) is 0 Å². The average Bonchev–Trinajstić information content (AvgIpc) is 2.15. The third-order valence-corrected chi connectivity index (χ3v) is 4.40. The maximum absolute atomic E-state index is 9.23. The maximum Gasteiger partial charge on any atom is 0.152 e. The number of hydrogen-bond acceptors (Lipinski definition) is 3. The molecule has 2 aliphatic carbocycles. The van der Waals surface area contributed by atoms with Crippen LogP contribution in [0.1, 0.15) is 57.8 Å². The molecule has 0 radical (unpaired) electrons. The number of rotatable bonds is 5. The number of aliphatic hydroxyl groups is 2. The number of hydrogen-bond donors (Lipinski definition) is 3. The second-order valence-corrected chi connectivity index (χ2v) is 5.75. The van der Waals surface area contributed by atoms with Gasteiger partial charge in [0.1, 0.15) is 0 Å². The molecule has 3 nitrogen and oxygen atoms in total. The normalized spacial score (nSPS) is 25.7. The lowest BCUT2D eigenvalue weighted by Gasteiger charge is -2.40. The van der Waals surface area contributed by atoms with Crippen molar-refractivity contribution in [2.75, 3.05) is 6.54 Å². The smallest absolute Gasteiger partial charge is 0.152 e. The quantitative estimate of drug-likeness (QED) is 0.628. The number of nitrogens with one attached hydrogen (secondary N) is 1. The molecule has 0 bridgehead atoms. The van der Waals surface area contributed by atoms with Gasteiger partial charge >= 0.3 is 0 Å². The molecule has 0 aliphatic heterocycles. The zero-order valence-electron chi connectivity index (χ0n) is 10.1. The second-order valence-electron chi connectivity index (χ2n) is 5.75. The molecular weight excluding hydrogens is 202 g/mol. The van der Waals surface area contributed by atoms with Gasteiger partial charge in [0.2, 0.25) is 0 Å². The van der Waals surface area contributed by atoms with Crippen LogP contribution in [0.5, 0.6) is 0 Å². The Morgan fingerprint density at radius 3 is 2.25 bits per heavy atom. The van der Waals surface area contributed by atoms with E-state index in [1.165, 1.54) is 38.5 Å². The molecule has 3 heteroatoms. The monoisotopic (exact) mass is 227 g/mol. The average molecular weight is 227 g/mol. The molecular formula is C13H25NO2. The molecule has 16 heavy (non-hydrogen) atoms. The summed E-state index contributed by atoms with van der Waals surface area (Å²) in [5.41, 5.74) is 0.155. The summed E-state index contributed by atoms with van der Waals surface area (Å²) in [4.78, 5) is 0. The van der Waals surface area contributed by atoms with E-state index < -0.39 is 6.29 Å². The molecule has 0 saturated heterocycles. The number of aliphatic hydroxyl groups excluding tert-OH is 1. The summed E-state index contributed by atoms with van der Waals surface area (Å²) in [6.45, 7) is 0.981. The van der Waals surface area contributed by atoms with E-state index in [-0.39, 0.29) is 5.41 Å². The van der Waals surface area contributed by atoms with E-state index >= 15 is 0 Å². The van der Waals surface area contributed by atoms with E-state index in [2.05, 4.69) is 5.32 Å². The first-order valence-corrected chi connectivity index (χ1v) is 6.80. The van der Waals surface area contributed by atoms with Gasteiger partial charge in [0.05, 0.1) is 0 Å². The highest BCUT2D eigenvalue weighted by Crippen LogP contribution is 2.40. The Kier molecular flexibility index (Phi) is 4.22. The standard InChI is InChI=1S/C13H25NO2/c15-12(16)9-13(7-2-1-3-8-13)10-14-11-5-4-6-11/h11-12,14-16H,1-10H2. The SMILES string of the molecule is OC(O)CC1(CNC2CCC2)CCCCC1. The van der Waals surface area contributed by atoms with Gasteiger partial charge < -0.3 is 15.5 Å². The molecule has 2 fully saturated rings. The Morgan fingerprint density at radius 2 is 1.75 bits per heavy atom. The molecule has 0 amide bonds. The zero-order chi connectivity index (χ0) is 11.4. The Balaban J connectivity index is 1.84. The van der Waals surface area contributed by atoms with Crippen LogP contribution in [0.25, 0.3) is 0 Å². The molecule has 0 aromatic carbocycles. The summed E-state index contributed by atoms with van der Waals surface area (Å²) >= 11 is 0. The summed E-state index contributed by atoms with van der Waals surface area (Å²) in [5.74, 6) is 0. The van der Waals surface area contributed by atoms with Crippen LogP contribution in [0.15, 0.2) is 0 Å². The lowest BCUT2D eigenvalue weighted by molar-refractivity contribution is -0.0798. The van der Waals surface area contributed by atoms with Crippen LogP contribution < -0.4 is 5.32 Å². The van der Waals surface area contributed by atoms with Crippen molar-refractivity contribution >= 4 is 0 Å². The van der Waals surface area contributed by atoms with Gasteiger partial charge in [-0.05, 0) is 31.1 Å². The molecule has 0 spiro atoms. The Hall–Kier alpha value is -0.120. The lowest BCUT2D eigenvalue weighted by atomic mass is 9.71. The van der Waals surface area contributed by atoms with Crippen molar-refractivity contribution < 1.29 is 10.2 Å². The molecule has 0 unspecified atom stereocenters. The first-order valence-electron chi connectivity index (χ1n) is 6.80. The minimum Gasteiger partial charge on any atom is -0.368 e. The molecule has 0 atom stereocenters. The Morgan fingerprint density at radius 1 is 1.06 bits per heavy atom. The van der Waals surface area contributed by atoms with Gasteiger partial charge in [-0.25, -0.2) is 0 Å². The third kappa shape index (κ3) is 3.19. The Labute approximate surface area is 98.2 Å². The van der Waals surface area contributed by atoms with E-state index in [1.807, 2.05) is 0 Å². The van der Waals surface area contributed by atoms with Gasteiger partial charge in [0, 0.05) is 19.0 Å². The van der Waals surface area contributed by atoms with Gasteiger partial charge in [-0.15, -0.1) is 0 Å². The van der Waals surface area contributed by atoms with Crippen LogP contribution in [0.2, 0.25) is 0 Å². The van der Waals surface area contributed by atoms with Crippen LogP contribution in [-0.4, -0.2) is 29.1 Å². The van der Waals surface area contributed by atoms with Crippen molar-refractivity contribution in [3.63, 3.8) is 0 Å². The fraction of sp³-hybridized carbons (Fsp3) is 1.00. The van der Waals surface area contributed by atoms with Crippen molar-refractivity contribution in [1.29, 1.82) is 0 Å². The van der Waals surface area contributed by atoms with Crippen LogP contribution >= 0.6 is 0 Å². The molecule has 0 heterocycles. The summed E-state index contributed by atoms with van der Waals surface area (Å²) in [6.07, 6.45) is 9.50. The largest absolute Gasteiger partial charge is 0.368 e. The minimum atomic E-state index is -1.14. The van der Waals surface area contributed by atoms with Gasteiger partial charge in [-0.3, -0.25) is 0 Å². The molecule has 2 aliphatic rings. The molecule has 0 aromatic rings. The van der Waals surface area contributed by atoms with Crippen LogP contribution in [0, 0.1) is 5.41 Å². The first-order chi connectivity index (χ1) is 7.70. The molecule has 2 saturated carbocycles. The highest BCUT2D eigenvalue weighted by molar-refractivity contribution is 4.88. The second kappa shape index (κ2) is 5.48. The van der Waals surface area contributed by atoms with Crippen LogP contribution in [0.3, 0.4) is 0 Å². The topological polar surface area (TPSA) is 52.5 Å². The Bertz CT molecular complexity index is 208. The summed E-state index contributed by atoms with van der Waals surface area (Å²) < 4.78 is 0. The zero-order valence-corrected chi connectivity index (χ0v) is 10.1. The fourth-order valence-corrected chi connectivity index (χ4v) is 3.12. The molecule has 2 rings (SSSR count). The lowest BCUT2D eigenvalue weighted by Crippen LogP contribution is -2.45. The van der Waals surface area contributed by atoms with E-state index in [4.69, 9.17) is 0 Å². The van der Waals surface area contributed by atoms with Crippen molar-refractivity contribution in [3.8, 4) is 0 Å². The molecule has 3 N–H and O–H groups in total. The van der Waals surface area contributed by atoms with E-state index in [1.54, 1.807) is 0 Å². The summed E-state index contributed by atoms with van der Waals surface area (Å²) in [7, 11) is 0. The summed E-state index contributed by atoms with van der Waals surface area (Å²) in [5, 5.41) is 22.1. The van der Waals surface area contributed by atoms with E-state index in [0.29, 0.717) is 12.5 Å².